The van der Waals surface area contributed by atoms with Crippen molar-refractivity contribution in [2.24, 2.45) is 0 Å². The van der Waals surface area contributed by atoms with E-state index in [-0.39, 0.29) is 31.1 Å². The standard InChI is InChI=1S/C74H136O6/c1-4-7-10-13-16-19-22-25-28-30-32-33-34-35-36-37-38-39-40-41-43-44-46-49-52-55-58-61-64-67-73(76)79-70-71(69-78-72(75)66-63-60-57-54-51-48-27-24-21-18-15-12-9-6-3)80-74(77)68-65-62-59-56-53-50-47-45-42-31-29-26-23-20-17-14-11-8-5-2/h15,18,24,26-27,29-30,32,71H,4-14,16-17,19-23,25,28,31,33-70H2,1-3H3/b18-15-,27-24-,29-26-,32-30-. The normalized spacial score (nSPS) is 12.3. The second-order valence-electron chi connectivity index (χ2n) is 24.1. The molecular weight excluding hydrogens is 985 g/mol. The van der Waals surface area contributed by atoms with Gasteiger partial charge in [0, 0.05) is 19.3 Å². The van der Waals surface area contributed by atoms with E-state index in [9.17, 15) is 14.4 Å². The molecule has 0 aromatic heterocycles. The largest absolute Gasteiger partial charge is 0.462 e. The summed E-state index contributed by atoms with van der Waals surface area (Å²) < 4.78 is 17.0. The number of ether oxygens (including phenoxy) is 3. The maximum Gasteiger partial charge on any atom is 0.306 e. The lowest BCUT2D eigenvalue weighted by atomic mass is 10.0. The van der Waals surface area contributed by atoms with E-state index in [1.807, 2.05) is 0 Å². The Morgan fingerprint density at radius 2 is 0.463 bits per heavy atom. The molecule has 0 spiro atoms. The van der Waals surface area contributed by atoms with Gasteiger partial charge in [0.1, 0.15) is 13.2 Å². The Hall–Kier alpha value is -2.63. The van der Waals surface area contributed by atoms with E-state index in [1.165, 1.54) is 270 Å². The summed E-state index contributed by atoms with van der Waals surface area (Å²) in [6.07, 6.45) is 87.2. The van der Waals surface area contributed by atoms with Gasteiger partial charge in [-0.25, -0.2) is 0 Å². The fourth-order valence-corrected chi connectivity index (χ4v) is 10.6. The summed E-state index contributed by atoms with van der Waals surface area (Å²) in [4.78, 5) is 38.4. The van der Waals surface area contributed by atoms with Crippen molar-refractivity contribution in [3.05, 3.63) is 48.6 Å². The average Bonchev–Trinajstić information content (AvgIpc) is 3.46. The first kappa shape index (κ1) is 77.4. The summed E-state index contributed by atoms with van der Waals surface area (Å²) in [5.74, 6) is -0.867. The molecule has 1 unspecified atom stereocenters. The minimum Gasteiger partial charge on any atom is -0.462 e. The van der Waals surface area contributed by atoms with Gasteiger partial charge in [0.2, 0.25) is 0 Å². The summed E-state index contributed by atoms with van der Waals surface area (Å²) in [5.41, 5.74) is 0. The SMILES string of the molecule is CCCC/C=C\C/C=C\CCCCCCCC(=O)OCC(COC(=O)CCCCCCCCCCCCCCCCCCC/C=C\CCCCCCCCCC)OC(=O)CCCCCCCCCCC/C=C\CCCCCCCC. The van der Waals surface area contributed by atoms with Crippen molar-refractivity contribution in [3.63, 3.8) is 0 Å². The smallest absolute Gasteiger partial charge is 0.306 e. The molecule has 6 heteroatoms. The van der Waals surface area contributed by atoms with Crippen molar-refractivity contribution < 1.29 is 28.6 Å². The van der Waals surface area contributed by atoms with E-state index in [2.05, 4.69) is 69.4 Å². The van der Waals surface area contributed by atoms with Gasteiger partial charge in [-0.05, 0) is 96.3 Å². The quantitative estimate of drug-likeness (QED) is 0.0261. The Labute approximate surface area is 498 Å². The van der Waals surface area contributed by atoms with Gasteiger partial charge in [0.25, 0.3) is 0 Å². The van der Waals surface area contributed by atoms with E-state index in [0.29, 0.717) is 19.3 Å². The number of allylic oxidation sites excluding steroid dienone is 8. The van der Waals surface area contributed by atoms with Crippen molar-refractivity contribution in [1.29, 1.82) is 0 Å². The summed E-state index contributed by atoms with van der Waals surface area (Å²) in [6.45, 7) is 6.64. The lowest BCUT2D eigenvalue weighted by Crippen LogP contribution is -2.30. The fourth-order valence-electron chi connectivity index (χ4n) is 10.6. The molecule has 0 aliphatic carbocycles. The van der Waals surface area contributed by atoms with Gasteiger partial charge in [-0.15, -0.1) is 0 Å². The number of esters is 3. The number of rotatable bonds is 66. The van der Waals surface area contributed by atoms with Crippen molar-refractivity contribution in [1.82, 2.24) is 0 Å². The van der Waals surface area contributed by atoms with Crippen molar-refractivity contribution in [2.75, 3.05) is 13.2 Å². The van der Waals surface area contributed by atoms with Gasteiger partial charge in [0.15, 0.2) is 6.10 Å². The highest BCUT2D eigenvalue weighted by Crippen LogP contribution is 2.18. The first-order valence-electron chi connectivity index (χ1n) is 35.6. The van der Waals surface area contributed by atoms with Crippen LogP contribution in [-0.2, 0) is 28.6 Å². The molecule has 6 nitrogen and oxygen atoms in total. The molecule has 80 heavy (non-hydrogen) atoms. The molecule has 0 rings (SSSR count). The van der Waals surface area contributed by atoms with Crippen LogP contribution in [0.3, 0.4) is 0 Å². The molecule has 0 aromatic rings. The third-order valence-electron chi connectivity index (χ3n) is 16.0. The molecule has 1 atom stereocenters. The highest BCUT2D eigenvalue weighted by Gasteiger charge is 2.19. The second-order valence-corrected chi connectivity index (χ2v) is 24.1. The Balaban J connectivity index is 4.21. The lowest BCUT2D eigenvalue weighted by molar-refractivity contribution is -0.167. The van der Waals surface area contributed by atoms with Crippen LogP contribution in [0.25, 0.3) is 0 Å². The van der Waals surface area contributed by atoms with Crippen LogP contribution in [0.15, 0.2) is 48.6 Å². The molecule has 0 fully saturated rings. The molecule has 0 bridgehead atoms. The van der Waals surface area contributed by atoms with Crippen LogP contribution in [0.2, 0.25) is 0 Å². The Bertz CT molecular complexity index is 1380. The van der Waals surface area contributed by atoms with E-state index in [0.717, 1.165) is 77.0 Å². The van der Waals surface area contributed by atoms with E-state index < -0.39 is 6.10 Å². The van der Waals surface area contributed by atoms with E-state index in [1.54, 1.807) is 0 Å². The molecule has 0 N–H and O–H groups in total. The Morgan fingerprint density at radius 1 is 0.250 bits per heavy atom. The minimum absolute atomic E-state index is 0.0747. The van der Waals surface area contributed by atoms with Crippen molar-refractivity contribution >= 4 is 17.9 Å². The first-order chi connectivity index (χ1) is 39.5. The Morgan fingerprint density at radius 3 is 0.738 bits per heavy atom. The number of carbonyl (C=O) groups is 3. The second kappa shape index (κ2) is 68.9. The predicted octanol–water partition coefficient (Wildman–Crippen LogP) is 24.5. The zero-order chi connectivity index (χ0) is 57.8. The van der Waals surface area contributed by atoms with Crippen LogP contribution in [0.5, 0.6) is 0 Å². The topological polar surface area (TPSA) is 78.9 Å². The van der Waals surface area contributed by atoms with Gasteiger partial charge < -0.3 is 14.2 Å². The third-order valence-corrected chi connectivity index (χ3v) is 16.0. The molecule has 0 aliphatic rings. The van der Waals surface area contributed by atoms with Gasteiger partial charge in [-0.2, -0.15) is 0 Å². The fraction of sp³-hybridized carbons (Fsp3) is 0.851. The van der Waals surface area contributed by atoms with Crippen LogP contribution in [-0.4, -0.2) is 37.2 Å². The maximum atomic E-state index is 12.9. The summed E-state index contributed by atoms with van der Waals surface area (Å²) in [7, 11) is 0. The monoisotopic (exact) mass is 1120 g/mol. The van der Waals surface area contributed by atoms with Gasteiger partial charge in [-0.1, -0.05) is 320 Å². The van der Waals surface area contributed by atoms with Gasteiger partial charge >= 0.3 is 17.9 Å². The molecule has 0 saturated heterocycles. The van der Waals surface area contributed by atoms with Gasteiger partial charge in [-0.3, -0.25) is 14.4 Å². The molecule has 0 aliphatic heterocycles. The molecule has 0 heterocycles. The highest BCUT2D eigenvalue weighted by atomic mass is 16.6. The molecule has 0 saturated carbocycles. The first-order valence-corrected chi connectivity index (χ1v) is 35.6. The van der Waals surface area contributed by atoms with E-state index >= 15 is 0 Å². The number of hydrogen-bond acceptors (Lipinski definition) is 6. The third kappa shape index (κ3) is 66.2. The highest BCUT2D eigenvalue weighted by molar-refractivity contribution is 5.71. The molecular formula is C74H136O6. The van der Waals surface area contributed by atoms with Crippen LogP contribution in [0.1, 0.15) is 387 Å². The zero-order valence-corrected chi connectivity index (χ0v) is 53.9. The molecule has 0 aromatic carbocycles. The Kier molecular flexibility index (Phi) is 66.6. The zero-order valence-electron chi connectivity index (χ0n) is 53.9. The van der Waals surface area contributed by atoms with Crippen molar-refractivity contribution in [3.8, 4) is 0 Å². The number of hydrogen-bond donors (Lipinski definition) is 0. The van der Waals surface area contributed by atoms with Gasteiger partial charge in [0.05, 0.1) is 0 Å². The van der Waals surface area contributed by atoms with Crippen LogP contribution < -0.4 is 0 Å². The van der Waals surface area contributed by atoms with Crippen LogP contribution >= 0.6 is 0 Å². The van der Waals surface area contributed by atoms with E-state index in [4.69, 9.17) is 14.2 Å². The number of unbranched alkanes of at least 4 members (excludes halogenated alkanes) is 47. The molecule has 0 radical (unpaired) electrons. The van der Waals surface area contributed by atoms with Crippen LogP contribution in [0.4, 0.5) is 0 Å². The van der Waals surface area contributed by atoms with Crippen LogP contribution in [0, 0.1) is 0 Å². The molecule has 468 valence electrons. The minimum atomic E-state index is -0.780. The predicted molar refractivity (Wildman–Crippen MR) is 349 cm³/mol. The molecule has 0 amide bonds. The lowest BCUT2D eigenvalue weighted by Gasteiger charge is -2.18. The summed E-state index contributed by atoms with van der Waals surface area (Å²) in [6, 6.07) is 0. The average molecular weight is 1120 g/mol. The summed E-state index contributed by atoms with van der Waals surface area (Å²) in [5, 5.41) is 0. The maximum absolute atomic E-state index is 12.9. The van der Waals surface area contributed by atoms with Crippen molar-refractivity contribution in [2.45, 2.75) is 393 Å². The summed E-state index contributed by atoms with van der Waals surface area (Å²) >= 11 is 0. The number of carbonyl (C=O) groups excluding carboxylic acids is 3.